The molecule has 21 heavy (non-hydrogen) atoms. The fraction of sp³-hybridized carbons (Fsp3) is 0.400. The Bertz CT molecular complexity index is 604. The Labute approximate surface area is 127 Å². The van der Waals surface area contributed by atoms with Crippen LogP contribution < -0.4 is 0 Å². The summed E-state index contributed by atoms with van der Waals surface area (Å²) in [6, 6.07) is 20.0. The van der Waals surface area contributed by atoms with Gasteiger partial charge in [0.15, 0.2) is 0 Å². The van der Waals surface area contributed by atoms with E-state index in [2.05, 4.69) is 59.5 Å². The Balaban J connectivity index is 1.44. The van der Waals surface area contributed by atoms with Crippen molar-refractivity contribution in [1.82, 2.24) is 4.90 Å². The van der Waals surface area contributed by atoms with Crippen LogP contribution in [0.5, 0.6) is 0 Å². The normalized spacial score (nSPS) is 24.6. The molecule has 2 aromatic rings. The van der Waals surface area contributed by atoms with E-state index in [1.165, 1.54) is 44.5 Å². The van der Waals surface area contributed by atoms with Crippen LogP contribution in [0.1, 0.15) is 41.4 Å². The number of hydrogen-bond donors (Lipinski definition) is 0. The van der Waals surface area contributed by atoms with Crippen LogP contribution in [0, 0.1) is 0 Å². The Kier molecular flexibility index (Phi) is 3.52. The number of nitrogens with zero attached hydrogens (tertiary/aromatic N) is 1. The van der Waals surface area contributed by atoms with Crippen molar-refractivity contribution in [1.29, 1.82) is 0 Å². The van der Waals surface area contributed by atoms with Crippen molar-refractivity contribution in [2.75, 3.05) is 19.6 Å². The van der Waals surface area contributed by atoms with Crippen molar-refractivity contribution in [2.24, 2.45) is 0 Å². The molecule has 1 aliphatic heterocycles. The molecule has 2 bridgehead atoms. The first kappa shape index (κ1) is 13.1. The predicted octanol–water partition coefficient (Wildman–Crippen LogP) is 4.21. The maximum Gasteiger partial charge on any atom is 0.00507 e. The van der Waals surface area contributed by atoms with Gasteiger partial charge in [0.1, 0.15) is 0 Å². The van der Waals surface area contributed by atoms with Crippen molar-refractivity contribution in [3.8, 4) is 0 Å². The van der Waals surface area contributed by atoms with Crippen molar-refractivity contribution in [3.63, 3.8) is 0 Å². The van der Waals surface area contributed by atoms with Gasteiger partial charge >= 0.3 is 0 Å². The standard InChI is InChI=1S/C20H23N/c1-2-6-16(7-3-1)10-12-21-13-11-17-14-18(15-21)20-9-5-4-8-19(17)20/h1-9,17-18H,10-15H2. The maximum absolute atomic E-state index is 2.69. The minimum absolute atomic E-state index is 0.768. The number of likely N-dealkylation sites (tertiary alicyclic amines) is 1. The van der Waals surface area contributed by atoms with E-state index in [0.717, 1.165) is 11.8 Å². The van der Waals surface area contributed by atoms with Crippen LogP contribution >= 0.6 is 0 Å². The SMILES string of the molecule is c1ccc(CCN2CCC3CC(C2)c2ccccc23)cc1. The van der Waals surface area contributed by atoms with Crippen molar-refractivity contribution >= 4 is 0 Å². The van der Waals surface area contributed by atoms with E-state index in [0.29, 0.717) is 0 Å². The van der Waals surface area contributed by atoms with Crippen LogP contribution in [0.3, 0.4) is 0 Å². The summed E-state index contributed by atoms with van der Waals surface area (Å²) in [6.45, 7) is 3.72. The summed E-state index contributed by atoms with van der Waals surface area (Å²) in [5.74, 6) is 1.58. The molecule has 2 atom stereocenters. The van der Waals surface area contributed by atoms with Gasteiger partial charge in [-0.3, -0.25) is 0 Å². The molecule has 108 valence electrons. The van der Waals surface area contributed by atoms with Gasteiger partial charge in [-0.2, -0.15) is 0 Å². The highest BCUT2D eigenvalue weighted by Gasteiger charge is 2.34. The molecule has 0 aromatic heterocycles. The van der Waals surface area contributed by atoms with Gasteiger partial charge in [0, 0.05) is 13.1 Å². The molecule has 4 rings (SSSR count). The van der Waals surface area contributed by atoms with E-state index in [1.807, 2.05) is 0 Å². The van der Waals surface area contributed by atoms with Gasteiger partial charge in [0.05, 0.1) is 0 Å². The smallest absolute Gasteiger partial charge is 0.00507 e. The zero-order valence-corrected chi connectivity index (χ0v) is 12.5. The van der Waals surface area contributed by atoms with Crippen LogP contribution in [0.15, 0.2) is 54.6 Å². The van der Waals surface area contributed by atoms with E-state index in [4.69, 9.17) is 0 Å². The van der Waals surface area contributed by atoms with Crippen molar-refractivity contribution in [3.05, 3.63) is 71.3 Å². The lowest BCUT2D eigenvalue weighted by Crippen LogP contribution is -2.30. The summed E-state index contributed by atoms with van der Waals surface area (Å²) >= 11 is 0. The molecule has 2 aliphatic rings. The fourth-order valence-corrected chi connectivity index (χ4v) is 4.17. The van der Waals surface area contributed by atoms with Crippen molar-refractivity contribution < 1.29 is 0 Å². The molecule has 0 spiro atoms. The maximum atomic E-state index is 2.69. The second-order valence-corrected chi connectivity index (χ2v) is 6.58. The van der Waals surface area contributed by atoms with Crippen LogP contribution in [0.4, 0.5) is 0 Å². The molecule has 2 unspecified atom stereocenters. The Morgan fingerprint density at radius 3 is 2.38 bits per heavy atom. The topological polar surface area (TPSA) is 3.24 Å². The summed E-state index contributed by atoms with van der Waals surface area (Å²) in [4.78, 5) is 2.69. The van der Waals surface area contributed by atoms with Gasteiger partial charge < -0.3 is 4.90 Å². The van der Waals surface area contributed by atoms with Gasteiger partial charge in [-0.15, -0.1) is 0 Å². The number of hydrogen-bond acceptors (Lipinski definition) is 1. The van der Waals surface area contributed by atoms with Gasteiger partial charge in [-0.05, 0) is 54.3 Å². The molecule has 0 amide bonds. The third-order valence-electron chi connectivity index (χ3n) is 5.28. The zero-order valence-electron chi connectivity index (χ0n) is 12.5. The summed E-state index contributed by atoms with van der Waals surface area (Å²) in [7, 11) is 0. The van der Waals surface area contributed by atoms with E-state index >= 15 is 0 Å². The fourth-order valence-electron chi connectivity index (χ4n) is 4.17. The Hall–Kier alpha value is -1.60. The first-order valence-electron chi connectivity index (χ1n) is 8.25. The van der Waals surface area contributed by atoms with Crippen LogP contribution in [-0.4, -0.2) is 24.5 Å². The first-order valence-corrected chi connectivity index (χ1v) is 8.25. The van der Waals surface area contributed by atoms with E-state index in [1.54, 1.807) is 11.1 Å². The van der Waals surface area contributed by atoms with Crippen molar-refractivity contribution in [2.45, 2.75) is 31.1 Å². The van der Waals surface area contributed by atoms with Gasteiger partial charge in [0.25, 0.3) is 0 Å². The molecule has 1 nitrogen and oxygen atoms in total. The molecule has 0 N–H and O–H groups in total. The molecule has 1 aliphatic carbocycles. The molecule has 1 fully saturated rings. The Morgan fingerprint density at radius 2 is 1.57 bits per heavy atom. The van der Waals surface area contributed by atoms with Crippen LogP contribution in [0.2, 0.25) is 0 Å². The molecule has 1 heterocycles. The molecule has 0 radical (unpaired) electrons. The second-order valence-electron chi connectivity index (χ2n) is 6.58. The average molecular weight is 277 g/mol. The number of benzene rings is 2. The average Bonchev–Trinajstić information content (AvgIpc) is 2.74. The van der Waals surface area contributed by atoms with E-state index < -0.39 is 0 Å². The van der Waals surface area contributed by atoms with Gasteiger partial charge in [-0.1, -0.05) is 54.6 Å². The van der Waals surface area contributed by atoms with Gasteiger partial charge in [0.2, 0.25) is 0 Å². The first-order chi connectivity index (χ1) is 10.4. The van der Waals surface area contributed by atoms with Crippen LogP contribution in [0.25, 0.3) is 0 Å². The lowest BCUT2D eigenvalue weighted by molar-refractivity contribution is 0.273. The highest BCUT2D eigenvalue weighted by Crippen LogP contribution is 2.45. The quantitative estimate of drug-likeness (QED) is 0.812. The van der Waals surface area contributed by atoms with E-state index in [-0.39, 0.29) is 0 Å². The highest BCUT2D eigenvalue weighted by molar-refractivity contribution is 5.39. The summed E-state index contributed by atoms with van der Waals surface area (Å²) in [6.07, 6.45) is 3.89. The molecular weight excluding hydrogens is 254 g/mol. The molecule has 1 heteroatoms. The lowest BCUT2D eigenvalue weighted by atomic mass is 9.97. The molecule has 1 saturated heterocycles. The minimum Gasteiger partial charge on any atom is -0.302 e. The zero-order chi connectivity index (χ0) is 14.1. The number of rotatable bonds is 3. The summed E-state index contributed by atoms with van der Waals surface area (Å²) in [5.41, 5.74) is 4.74. The highest BCUT2D eigenvalue weighted by atomic mass is 15.1. The van der Waals surface area contributed by atoms with Gasteiger partial charge in [-0.25, -0.2) is 0 Å². The summed E-state index contributed by atoms with van der Waals surface area (Å²) < 4.78 is 0. The lowest BCUT2D eigenvalue weighted by Gasteiger charge is -2.25. The van der Waals surface area contributed by atoms with E-state index in [9.17, 15) is 0 Å². The minimum atomic E-state index is 0.768. The molecular formula is C20H23N. The predicted molar refractivity (Wildman–Crippen MR) is 87.7 cm³/mol. The molecule has 0 saturated carbocycles. The largest absolute Gasteiger partial charge is 0.302 e. The Morgan fingerprint density at radius 1 is 0.857 bits per heavy atom. The monoisotopic (exact) mass is 277 g/mol. The summed E-state index contributed by atoms with van der Waals surface area (Å²) in [5, 5.41) is 0. The third kappa shape index (κ3) is 2.63. The second kappa shape index (κ2) is 5.65. The van der Waals surface area contributed by atoms with Crippen LogP contribution in [-0.2, 0) is 6.42 Å². The molecule has 2 aromatic carbocycles. The number of fused-ring (bicyclic) bond motifs is 5. The third-order valence-corrected chi connectivity index (χ3v) is 5.28.